The average Bonchev–Trinajstić information content (AvgIpc) is 2.84. The van der Waals surface area contributed by atoms with E-state index < -0.39 is 23.2 Å². The third-order valence-electron chi connectivity index (χ3n) is 6.21. The molecule has 36 heavy (non-hydrogen) atoms. The first-order valence-corrected chi connectivity index (χ1v) is 12.2. The van der Waals surface area contributed by atoms with Crippen LogP contribution in [0.3, 0.4) is 0 Å². The first-order valence-electron chi connectivity index (χ1n) is 11.4. The number of hydrogen-bond acceptors (Lipinski definition) is 4. The van der Waals surface area contributed by atoms with Crippen molar-refractivity contribution in [1.29, 1.82) is 0 Å². The van der Waals surface area contributed by atoms with Crippen molar-refractivity contribution in [3.63, 3.8) is 0 Å². The number of fused-ring (bicyclic) bond motifs is 1. The fraction of sp³-hybridized carbons (Fsp3) is 0.276. The van der Waals surface area contributed by atoms with Gasteiger partial charge in [-0.1, -0.05) is 66.7 Å². The van der Waals surface area contributed by atoms with Crippen LogP contribution in [-0.2, 0) is 5.60 Å². The Kier molecular flexibility index (Phi) is 9.17. The van der Waals surface area contributed by atoms with Gasteiger partial charge >= 0.3 is 0 Å². The van der Waals surface area contributed by atoms with Gasteiger partial charge in [-0.25, -0.2) is 13.8 Å². The summed E-state index contributed by atoms with van der Waals surface area (Å²) in [5.74, 6) is -1.93. The van der Waals surface area contributed by atoms with Gasteiger partial charge < -0.3 is 15.2 Å². The lowest BCUT2D eigenvalue weighted by molar-refractivity contribution is 0.00668. The van der Waals surface area contributed by atoms with Crippen LogP contribution in [0.5, 0.6) is 5.88 Å². The lowest BCUT2D eigenvalue weighted by Gasteiger charge is -2.38. The van der Waals surface area contributed by atoms with E-state index in [0.29, 0.717) is 24.5 Å². The molecule has 0 saturated heterocycles. The molecule has 0 saturated carbocycles. The van der Waals surface area contributed by atoms with Gasteiger partial charge in [0.25, 0.3) is 0 Å². The zero-order valence-corrected chi connectivity index (χ0v) is 21.1. The van der Waals surface area contributed by atoms with E-state index in [0.717, 1.165) is 27.0 Å². The lowest BCUT2D eigenvalue weighted by atomic mass is 9.71. The number of rotatable bonds is 9. The van der Waals surface area contributed by atoms with E-state index in [-0.39, 0.29) is 19.4 Å². The number of aromatic nitrogens is 1. The highest BCUT2D eigenvalue weighted by atomic mass is 79.9. The standard InChI is InChI=1S/C28H27BrF2N2O2.CH4/c1-3-32-14-13-28(34,23-11-10-21(30)17-24(23)31)26(18-7-5-4-6-8-18)22-16-19-15-20(29)9-12-25(19)33-27(22)35-2;/h4-12,15-17,26,32,34H,3,13-14H2,1-2H3;1H4. The molecule has 0 radical (unpaired) electrons. The molecule has 190 valence electrons. The SMILES string of the molecule is C.CCNCCC(O)(c1ccc(F)cc1F)C(c1ccccc1)c1cc2cc(Br)ccc2nc1OC. The highest BCUT2D eigenvalue weighted by Gasteiger charge is 2.43. The van der Waals surface area contributed by atoms with Crippen molar-refractivity contribution < 1.29 is 18.6 Å². The molecule has 1 aromatic heterocycles. The average molecular weight is 557 g/mol. The fourth-order valence-corrected chi connectivity index (χ4v) is 4.98. The summed E-state index contributed by atoms with van der Waals surface area (Å²) in [6.45, 7) is 3.06. The Balaban J connectivity index is 0.00000361. The summed E-state index contributed by atoms with van der Waals surface area (Å²) in [4.78, 5) is 4.70. The second-order valence-corrected chi connectivity index (χ2v) is 9.34. The molecule has 4 aromatic rings. The van der Waals surface area contributed by atoms with Crippen LogP contribution < -0.4 is 10.1 Å². The molecule has 0 fully saturated rings. The second kappa shape index (κ2) is 11.9. The predicted molar refractivity (Wildman–Crippen MR) is 144 cm³/mol. The summed E-state index contributed by atoms with van der Waals surface area (Å²) in [5, 5.41) is 16.5. The number of ether oxygens (including phenoxy) is 1. The molecule has 0 amide bonds. The number of nitrogens with zero attached hydrogens (tertiary/aromatic N) is 1. The summed E-state index contributed by atoms with van der Waals surface area (Å²) in [6, 6.07) is 20.3. The number of halogens is 3. The molecule has 0 bridgehead atoms. The first-order chi connectivity index (χ1) is 16.9. The second-order valence-electron chi connectivity index (χ2n) is 8.42. The monoisotopic (exact) mass is 556 g/mol. The van der Waals surface area contributed by atoms with E-state index in [1.165, 1.54) is 19.2 Å². The van der Waals surface area contributed by atoms with Crippen LogP contribution in [0, 0.1) is 11.6 Å². The summed E-state index contributed by atoms with van der Waals surface area (Å²) in [6.07, 6.45) is 0.169. The molecule has 3 aromatic carbocycles. The number of methoxy groups -OCH3 is 1. The molecule has 7 heteroatoms. The van der Waals surface area contributed by atoms with Crippen LogP contribution in [0.25, 0.3) is 10.9 Å². The topological polar surface area (TPSA) is 54.4 Å². The molecule has 0 spiro atoms. The maximum absolute atomic E-state index is 15.3. The number of hydrogen-bond donors (Lipinski definition) is 2. The molecule has 0 aliphatic heterocycles. The van der Waals surface area contributed by atoms with Crippen LogP contribution in [-0.4, -0.2) is 30.3 Å². The van der Waals surface area contributed by atoms with Crippen molar-refractivity contribution in [2.75, 3.05) is 20.2 Å². The predicted octanol–water partition coefficient (Wildman–Crippen LogP) is 6.94. The molecule has 2 unspecified atom stereocenters. The summed E-state index contributed by atoms with van der Waals surface area (Å²) >= 11 is 3.51. The minimum Gasteiger partial charge on any atom is -0.481 e. The summed E-state index contributed by atoms with van der Waals surface area (Å²) in [7, 11) is 1.52. The molecule has 2 N–H and O–H groups in total. The van der Waals surface area contributed by atoms with Crippen LogP contribution in [0.4, 0.5) is 8.78 Å². The van der Waals surface area contributed by atoms with Gasteiger partial charge in [0.2, 0.25) is 5.88 Å². The Bertz CT molecular complexity index is 1320. The highest BCUT2D eigenvalue weighted by molar-refractivity contribution is 9.10. The van der Waals surface area contributed by atoms with E-state index in [4.69, 9.17) is 9.72 Å². The van der Waals surface area contributed by atoms with Crippen molar-refractivity contribution in [1.82, 2.24) is 10.3 Å². The Morgan fingerprint density at radius 3 is 2.47 bits per heavy atom. The van der Waals surface area contributed by atoms with Crippen molar-refractivity contribution in [2.45, 2.75) is 32.3 Å². The van der Waals surface area contributed by atoms with E-state index in [2.05, 4.69) is 21.2 Å². The van der Waals surface area contributed by atoms with Gasteiger partial charge in [-0.05, 0) is 55.4 Å². The minimum atomic E-state index is -1.74. The van der Waals surface area contributed by atoms with Gasteiger partial charge in [0.05, 0.1) is 12.6 Å². The minimum absolute atomic E-state index is 0. The van der Waals surface area contributed by atoms with Gasteiger partial charge in [0.1, 0.15) is 17.2 Å². The maximum Gasteiger partial charge on any atom is 0.217 e. The van der Waals surface area contributed by atoms with Gasteiger partial charge in [-0.15, -0.1) is 0 Å². The molecule has 1 heterocycles. The smallest absolute Gasteiger partial charge is 0.217 e. The summed E-state index contributed by atoms with van der Waals surface area (Å²) in [5.41, 5.74) is 0.360. The van der Waals surface area contributed by atoms with Crippen molar-refractivity contribution in [3.8, 4) is 5.88 Å². The van der Waals surface area contributed by atoms with Crippen molar-refractivity contribution in [2.24, 2.45) is 0 Å². The lowest BCUT2D eigenvalue weighted by Crippen LogP contribution is -2.38. The van der Waals surface area contributed by atoms with Crippen LogP contribution >= 0.6 is 15.9 Å². The van der Waals surface area contributed by atoms with Crippen molar-refractivity contribution in [3.05, 3.63) is 106 Å². The Morgan fingerprint density at radius 1 is 1.06 bits per heavy atom. The van der Waals surface area contributed by atoms with Crippen LogP contribution in [0.15, 0.2) is 77.3 Å². The van der Waals surface area contributed by atoms with Crippen LogP contribution in [0.2, 0.25) is 0 Å². The molecular weight excluding hydrogens is 526 g/mol. The van der Waals surface area contributed by atoms with Crippen LogP contribution in [0.1, 0.15) is 43.4 Å². The zero-order chi connectivity index (χ0) is 25.0. The van der Waals surface area contributed by atoms with Gasteiger partial charge in [0.15, 0.2) is 0 Å². The van der Waals surface area contributed by atoms with E-state index in [1.807, 2.05) is 61.5 Å². The Hall–Kier alpha value is -2.87. The van der Waals surface area contributed by atoms with Gasteiger partial charge in [-0.3, -0.25) is 0 Å². The van der Waals surface area contributed by atoms with Gasteiger partial charge in [-0.2, -0.15) is 0 Å². The van der Waals surface area contributed by atoms with Gasteiger partial charge in [0, 0.05) is 33.0 Å². The fourth-order valence-electron chi connectivity index (χ4n) is 4.61. The van der Waals surface area contributed by atoms with Crippen molar-refractivity contribution >= 4 is 26.8 Å². The van der Waals surface area contributed by atoms with E-state index >= 15 is 4.39 Å². The molecule has 0 aliphatic rings. The highest BCUT2D eigenvalue weighted by Crippen LogP contribution is 2.48. The zero-order valence-electron chi connectivity index (χ0n) is 19.6. The Morgan fingerprint density at radius 2 is 1.81 bits per heavy atom. The maximum atomic E-state index is 15.3. The number of pyridine rings is 1. The third kappa shape index (κ3) is 5.59. The molecular formula is C29H31BrF2N2O2. The Labute approximate surface area is 219 Å². The number of aliphatic hydroxyl groups is 1. The largest absolute Gasteiger partial charge is 0.481 e. The molecule has 0 aliphatic carbocycles. The molecule has 2 atom stereocenters. The molecule has 4 nitrogen and oxygen atoms in total. The summed E-state index contributed by atoms with van der Waals surface area (Å²) < 4.78 is 35.7. The third-order valence-corrected chi connectivity index (χ3v) is 6.71. The van der Waals surface area contributed by atoms with E-state index in [1.54, 1.807) is 0 Å². The number of nitrogens with one attached hydrogen (secondary N) is 1. The molecule has 4 rings (SSSR count). The normalized spacial score (nSPS) is 13.6. The van der Waals surface area contributed by atoms with E-state index in [9.17, 15) is 9.50 Å². The first kappa shape index (κ1) is 27.7. The number of benzene rings is 3. The quantitative estimate of drug-likeness (QED) is 0.219.